The first-order chi connectivity index (χ1) is 15.5. The van der Waals surface area contributed by atoms with E-state index in [9.17, 15) is 4.79 Å². The number of rotatable bonds is 4. The molecule has 5 heteroatoms. The Labute approximate surface area is 186 Å². The summed E-state index contributed by atoms with van der Waals surface area (Å²) in [7, 11) is 1.64. The third kappa shape index (κ3) is 3.76. The highest BCUT2D eigenvalue weighted by Crippen LogP contribution is 2.38. The summed E-state index contributed by atoms with van der Waals surface area (Å²) < 4.78 is 17.0. The lowest BCUT2D eigenvalue weighted by atomic mass is 9.96. The standard InChI is InChI=1S/C27H25NO4/c1-17-4-6-19(7-5-17)14-28-15-21-12-24-23(20-8-10-22(30-3)11-9-20)13-25(29)32-27(24)18(2)26(21)31-16-28/h4-13H,14-16H2,1-3H3. The van der Waals surface area contributed by atoms with Crippen molar-refractivity contribution < 1.29 is 13.9 Å². The molecule has 1 aromatic heterocycles. The van der Waals surface area contributed by atoms with E-state index in [-0.39, 0.29) is 5.63 Å². The van der Waals surface area contributed by atoms with E-state index >= 15 is 0 Å². The van der Waals surface area contributed by atoms with Crippen LogP contribution in [0.5, 0.6) is 11.5 Å². The first kappa shape index (κ1) is 20.3. The second-order valence-corrected chi connectivity index (χ2v) is 8.32. The molecule has 162 valence electrons. The molecule has 0 fully saturated rings. The number of aryl methyl sites for hydroxylation is 2. The van der Waals surface area contributed by atoms with Crippen LogP contribution in [0.15, 0.2) is 69.9 Å². The lowest BCUT2D eigenvalue weighted by molar-refractivity contribution is 0.0881. The summed E-state index contributed by atoms with van der Waals surface area (Å²) in [5.41, 5.74) is 6.46. The van der Waals surface area contributed by atoms with Crippen molar-refractivity contribution in [2.24, 2.45) is 0 Å². The Morgan fingerprint density at radius 3 is 2.47 bits per heavy atom. The molecule has 0 bridgehead atoms. The van der Waals surface area contributed by atoms with Gasteiger partial charge in [0.05, 0.1) is 7.11 Å². The monoisotopic (exact) mass is 427 g/mol. The molecule has 0 spiro atoms. The largest absolute Gasteiger partial charge is 0.497 e. The number of fused-ring (bicyclic) bond motifs is 2. The minimum Gasteiger partial charge on any atom is -0.497 e. The van der Waals surface area contributed by atoms with Crippen LogP contribution in [0.1, 0.15) is 22.3 Å². The summed E-state index contributed by atoms with van der Waals surface area (Å²) in [6, 6.07) is 20.0. The van der Waals surface area contributed by atoms with Gasteiger partial charge >= 0.3 is 5.63 Å². The van der Waals surface area contributed by atoms with Gasteiger partial charge in [-0.15, -0.1) is 0 Å². The van der Waals surface area contributed by atoms with E-state index in [1.54, 1.807) is 13.2 Å². The Bertz CT molecular complexity index is 1340. The van der Waals surface area contributed by atoms with Crippen molar-refractivity contribution in [3.05, 3.63) is 93.3 Å². The number of benzene rings is 3. The third-order valence-electron chi connectivity index (χ3n) is 6.00. The highest BCUT2D eigenvalue weighted by molar-refractivity contribution is 5.96. The molecule has 1 aliphatic heterocycles. The number of hydrogen-bond donors (Lipinski definition) is 0. The molecule has 4 aromatic rings. The van der Waals surface area contributed by atoms with E-state index in [0.717, 1.165) is 52.2 Å². The number of methoxy groups -OCH3 is 1. The predicted molar refractivity (Wildman–Crippen MR) is 125 cm³/mol. The summed E-state index contributed by atoms with van der Waals surface area (Å²) >= 11 is 0. The summed E-state index contributed by atoms with van der Waals surface area (Å²) in [6.07, 6.45) is 0. The molecule has 0 amide bonds. The maximum Gasteiger partial charge on any atom is 0.336 e. The van der Waals surface area contributed by atoms with Crippen LogP contribution in [-0.2, 0) is 13.1 Å². The fourth-order valence-electron chi connectivity index (χ4n) is 4.33. The Balaban J connectivity index is 1.56. The molecule has 1 aliphatic rings. The van der Waals surface area contributed by atoms with Crippen molar-refractivity contribution in [1.29, 1.82) is 0 Å². The lowest BCUT2D eigenvalue weighted by Crippen LogP contribution is -2.31. The average molecular weight is 428 g/mol. The quantitative estimate of drug-likeness (QED) is 0.406. The van der Waals surface area contributed by atoms with Gasteiger partial charge in [0.15, 0.2) is 0 Å². The molecule has 0 atom stereocenters. The molecule has 32 heavy (non-hydrogen) atoms. The van der Waals surface area contributed by atoms with Crippen LogP contribution in [0.3, 0.4) is 0 Å². The molecular formula is C27H25NO4. The van der Waals surface area contributed by atoms with Crippen molar-refractivity contribution in [1.82, 2.24) is 4.90 Å². The molecule has 5 rings (SSSR count). The van der Waals surface area contributed by atoms with Crippen LogP contribution in [0.4, 0.5) is 0 Å². The number of hydrogen-bond acceptors (Lipinski definition) is 5. The molecule has 0 saturated carbocycles. The zero-order chi connectivity index (χ0) is 22.2. The smallest absolute Gasteiger partial charge is 0.336 e. The van der Waals surface area contributed by atoms with Gasteiger partial charge in [0.1, 0.15) is 23.8 Å². The highest BCUT2D eigenvalue weighted by Gasteiger charge is 2.23. The summed E-state index contributed by atoms with van der Waals surface area (Å²) in [5, 5.41) is 0.909. The van der Waals surface area contributed by atoms with Gasteiger partial charge in [0.2, 0.25) is 0 Å². The van der Waals surface area contributed by atoms with Crippen molar-refractivity contribution in [2.75, 3.05) is 13.8 Å². The zero-order valence-electron chi connectivity index (χ0n) is 18.5. The molecule has 0 saturated heterocycles. The summed E-state index contributed by atoms with van der Waals surface area (Å²) in [6.45, 7) is 6.12. The van der Waals surface area contributed by atoms with Crippen LogP contribution >= 0.6 is 0 Å². The van der Waals surface area contributed by atoms with Crippen molar-refractivity contribution >= 4 is 11.0 Å². The first-order valence-corrected chi connectivity index (χ1v) is 10.7. The van der Waals surface area contributed by atoms with Crippen LogP contribution in [-0.4, -0.2) is 18.7 Å². The molecule has 0 N–H and O–H groups in total. The Morgan fingerprint density at radius 1 is 1.00 bits per heavy atom. The molecular weight excluding hydrogens is 402 g/mol. The van der Waals surface area contributed by atoms with Gasteiger partial charge in [-0.3, -0.25) is 4.90 Å². The second-order valence-electron chi connectivity index (χ2n) is 8.32. The van der Waals surface area contributed by atoms with E-state index in [2.05, 4.69) is 42.2 Å². The fraction of sp³-hybridized carbons (Fsp3) is 0.222. The summed E-state index contributed by atoms with van der Waals surface area (Å²) in [4.78, 5) is 14.6. The predicted octanol–water partition coefficient (Wildman–Crippen LogP) is 5.44. The average Bonchev–Trinajstić information content (AvgIpc) is 2.81. The molecule has 3 aromatic carbocycles. The van der Waals surface area contributed by atoms with E-state index in [0.29, 0.717) is 12.3 Å². The Morgan fingerprint density at radius 2 is 1.75 bits per heavy atom. The Hall–Kier alpha value is -3.57. The molecule has 5 nitrogen and oxygen atoms in total. The minimum atomic E-state index is -0.372. The van der Waals surface area contributed by atoms with Gasteiger partial charge in [-0.05, 0) is 48.7 Å². The minimum absolute atomic E-state index is 0.372. The van der Waals surface area contributed by atoms with E-state index in [4.69, 9.17) is 13.9 Å². The van der Waals surface area contributed by atoms with Crippen molar-refractivity contribution in [3.8, 4) is 22.6 Å². The molecule has 0 aliphatic carbocycles. The Kier molecular flexibility index (Phi) is 5.19. The SMILES string of the molecule is COc1ccc(-c2cc(=O)oc3c(C)c4c(cc23)CN(Cc2ccc(C)cc2)CO4)cc1. The van der Waals surface area contributed by atoms with Crippen molar-refractivity contribution in [2.45, 2.75) is 26.9 Å². The highest BCUT2D eigenvalue weighted by atomic mass is 16.5. The van der Waals surface area contributed by atoms with Gasteiger partial charge in [-0.1, -0.05) is 42.0 Å². The second kappa shape index (κ2) is 8.17. The van der Waals surface area contributed by atoms with Gasteiger partial charge in [0, 0.05) is 35.7 Å². The van der Waals surface area contributed by atoms with Gasteiger partial charge in [-0.2, -0.15) is 0 Å². The van der Waals surface area contributed by atoms with Crippen LogP contribution in [0, 0.1) is 13.8 Å². The third-order valence-corrected chi connectivity index (χ3v) is 6.00. The fourth-order valence-corrected chi connectivity index (χ4v) is 4.33. The normalized spacial score (nSPS) is 13.6. The molecule has 0 radical (unpaired) electrons. The van der Waals surface area contributed by atoms with Crippen LogP contribution in [0.25, 0.3) is 22.1 Å². The van der Waals surface area contributed by atoms with Gasteiger partial charge in [0.25, 0.3) is 0 Å². The van der Waals surface area contributed by atoms with Crippen molar-refractivity contribution in [3.63, 3.8) is 0 Å². The van der Waals surface area contributed by atoms with E-state index in [1.165, 1.54) is 11.1 Å². The lowest BCUT2D eigenvalue weighted by Gasteiger charge is -2.30. The van der Waals surface area contributed by atoms with Crippen LogP contribution in [0.2, 0.25) is 0 Å². The summed E-state index contributed by atoms with van der Waals surface area (Å²) in [5.74, 6) is 1.59. The zero-order valence-corrected chi connectivity index (χ0v) is 18.5. The molecule has 2 heterocycles. The van der Waals surface area contributed by atoms with E-state index < -0.39 is 0 Å². The number of ether oxygens (including phenoxy) is 2. The number of nitrogens with zero attached hydrogens (tertiary/aromatic N) is 1. The van der Waals surface area contributed by atoms with Gasteiger partial charge in [-0.25, -0.2) is 4.79 Å². The molecule has 0 unspecified atom stereocenters. The maximum absolute atomic E-state index is 12.4. The topological polar surface area (TPSA) is 51.9 Å². The maximum atomic E-state index is 12.4. The van der Waals surface area contributed by atoms with Crippen LogP contribution < -0.4 is 15.1 Å². The van der Waals surface area contributed by atoms with Gasteiger partial charge < -0.3 is 13.9 Å². The first-order valence-electron chi connectivity index (χ1n) is 10.7. The van der Waals surface area contributed by atoms with E-state index in [1.807, 2.05) is 31.2 Å².